The van der Waals surface area contributed by atoms with Gasteiger partial charge in [0.2, 0.25) is 0 Å². The molecule has 2 aromatic rings. The molecule has 0 saturated carbocycles. The lowest BCUT2D eigenvalue weighted by molar-refractivity contribution is 0.0683. The summed E-state index contributed by atoms with van der Waals surface area (Å²) in [6, 6.07) is 16.6. The molecule has 26 heavy (non-hydrogen) atoms. The van der Waals surface area contributed by atoms with Crippen LogP contribution in [0.25, 0.3) is 11.1 Å². The average Bonchev–Trinajstić information content (AvgIpc) is 2.82. The average molecular weight is 351 g/mol. The molecule has 0 spiro atoms. The third-order valence-electron chi connectivity index (χ3n) is 5.66. The molecule has 1 fully saturated rings. The van der Waals surface area contributed by atoms with Crippen molar-refractivity contribution >= 4 is 6.09 Å². The normalized spacial score (nSPS) is 19.6. The highest BCUT2D eigenvalue weighted by Crippen LogP contribution is 2.44. The highest BCUT2D eigenvalue weighted by molar-refractivity contribution is 5.79. The number of nitrogens with zero attached hydrogens (tertiary/aromatic N) is 1. The van der Waals surface area contributed by atoms with Gasteiger partial charge in [-0.15, -0.1) is 0 Å². The summed E-state index contributed by atoms with van der Waals surface area (Å²) in [4.78, 5) is 14.4. The summed E-state index contributed by atoms with van der Waals surface area (Å²) in [6.45, 7) is 1.01. The Morgan fingerprint density at radius 1 is 1.00 bits per heavy atom. The lowest BCUT2D eigenvalue weighted by Crippen LogP contribution is -2.42. The highest BCUT2D eigenvalue weighted by atomic mass is 16.6. The summed E-state index contributed by atoms with van der Waals surface area (Å²) in [5.41, 5.74) is 4.89. The van der Waals surface area contributed by atoms with Gasteiger partial charge in [0, 0.05) is 12.5 Å². The third-order valence-corrected chi connectivity index (χ3v) is 5.66. The van der Waals surface area contributed by atoms with Crippen LogP contribution in [0, 0.1) is 0 Å². The highest BCUT2D eigenvalue weighted by Gasteiger charge is 2.31. The van der Waals surface area contributed by atoms with E-state index in [1.165, 1.54) is 22.3 Å². The Morgan fingerprint density at radius 2 is 1.65 bits per heavy atom. The van der Waals surface area contributed by atoms with Crippen LogP contribution in [0.4, 0.5) is 4.79 Å². The number of aliphatic hydroxyl groups excluding tert-OH is 1. The number of likely N-dealkylation sites (tertiary alicyclic amines) is 1. The smallest absolute Gasteiger partial charge is 0.410 e. The molecule has 1 saturated heterocycles. The first-order valence-corrected chi connectivity index (χ1v) is 9.52. The van der Waals surface area contributed by atoms with Crippen LogP contribution >= 0.6 is 0 Å². The van der Waals surface area contributed by atoms with Crippen molar-refractivity contribution in [2.45, 2.75) is 37.6 Å². The van der Waals surface area contributed by atoms with Gasteiger partial charge in [0.1, 0.15) is 6.61 Å². The fourth-order valence-corrected chi connectivity index (χ4v) is 4.28. The van der Waals surface area contributed by atoms with Gasteiger partial charge in [0.15, 0.2) is 0 Å². The first-order valence-electron chi connectivity index (χ1n) is 9.52. The Hall–Kier alpha value is -2.33. The minimum atomic E-state index is -0.298. The maximum Gasteiger partial charge on any atom is 0.410 e. The molecule has 1 aliphatic heterocycles. The third kappa shape index (κ3) is 3.10. The van der Waals surface area contributed by atoms with Gasteiger partial charge in [-0.3, -0.25) is 0 Å². The number of aliphatic hydroxyl groups is 1. The Labute approximate surface area is 154 Å². The van der Waals surface area contributed by atoms with E-state index in [1.54, 1.807) is 4.90 Å². The Kier molecular flexibility index (Phi) is 4.93. The molecule has 1 aliphatic carbocycles. The van der Waals surface area contributed by atoms with Crippen molar-refractivity contribution in [2.24, 2.45) is 0 Å². The lowest BCUT2D eigenvalue weighted by Gasteiger charge is -2.28. The lowest BCUT2D eigenvalue weighted by atomic mass is 9.98. The number of benzene rings is 2. The fraction of sp³-hybridized carbons (Fsp3) is 0.409. The number of rotatable bonds is 3. The van der Waals surface area contributed by atoms with Crippen molar-refractivity contribution in [3.63, 3.8) is 0 Å². The van der Waals surface area contributed by atoms with E-state index in [0.29, 0.717) is 13.2 Å². The van der Waals surface area contributed by atoms with Crippen LogP contribution in [0.15, 0.2) is 48.5 Å². The van der Waals surface area contributed by atoms with E-state index in [1.807, 2.05) is 24.3 Å². The number of fused-ring (bicyclic) bond motifs is 3. The van der Waals surface area contributed by atoms with Crippen LogP contribution in [-0.4, -0.2) is 41.9 Å². The summed E-state index contributed by atoms with van der Waals surface area (Å²) >= 11 is 0. The maximum absolute atomic E-state index is 12.7. The second kappa shape index (κ2) is 7.50. The summed E-state index contributed by atoms with van der Waals surface area (Å²) in [6.07, 6.45) is 3.68. The summed E-state index contributed by atoms with van der Waals surface area (Å²) in [5, 5.41) is 9.63. The Balaban J connectivity index is 1.52. The molecule has 136 valence electrons. The van der Waals surface area contributed by atoms with Gasteiger partial charge in [0.25, 0.3) is 0 Å². The van der Waals surface area contributed by atoms with E-state index in [9.17, 15) is 9.90 Å². The molecule has 0 radical (unpaired) electrons. The predicted molar refractivity (Wildman–Crippen MR) is 101 cm³/mol. The van der Waals surface area contributed by atoms with Crippen LogP contribution < -0.4 is 0 Å². The van der Waals surface area contributed by atoms with Crippen molar-refractivity contribution in [2.75, 3.05) is 19.8 Å². The number of amides is 1. The zero-order valence-electron chi connectivity index (χ0n) is 14.9. The van der Waals surface area contributed by atoms with Crippen LogP contribution in [-0.2, 0) is 4.74 Å². The number of hydrogen-bond acceptors (Lipinski definition) is 3. The fourth-order valence-electron chi connectivity index (χ4n) is 4.28. The molecule has 1 amide bonds. The molecule has 1 N–H and O–H groups in total. The Bertz CT molecular complexity index is 743. The summed E-state index contributed by atoms with van der Waals surface area (Å²) in [5.74, 6) is 0.0749. The van der Waals surface area contributed by atoms with E-state index in [2.05, 4.69) is 24.3 Å². The van der Waals surface area contributed by atoms with E-state index < -0.39 is 0 Å². The minimum Gasteiger partial charge on any atom is -0.448 e. The maximum atomic E-state index is 12.7. The van der Waals surface area contributed by atoms with Crippen LogP contribution in [0.1, 0.15) is 42.7 Å². The topological polar surface area (TPSA) is 49.8 Å². The van der Waals surface area contributed by atoms with E-state index in [0.717, 1.165) is 25.7 Å². The second-order valence-corrected chi connectivity index (χ2v) is 7.18. The second-order valence-electron chi connectivity index (χ2n) is 7.18. The zero-order valence-corrected chi connectivity index (χ0v) is 14.9. The van der Waals surface area contributed by atoms with Gasteiger partial charge < -0.3 is 14.7 Å². The first-order chi connectivity index (χ1) is 12.8. The van der Waals surface area contributed by atoms with Crippen molar-refractivity contribution in [1.29, 1.82) is 0 Å². The predicted octanol–water partition coefficient (Wildman–Crippen LogP) is 4.17. The molecule has 1 unspecified atom stereocenters. The number of carbonyl (C=O) groups excluding carboxylic acids is 1. The summed E-state index contributed by atoms with van der Waals surface area (Å²) in [7, 11) is 0. The molecular weight excluding hydrogens is 326 g/mol. The first kappa shape index (κ1) is 17.1. The van der Waals surface area contributed by atoms with Gasteiger partial charge in [0.05, 0.1) is 12.6 Å². The van der Waals surface area contributed by atoms with Gasteiger partial charge >= 0.3 is 6.09 Å². The monoisotopic (exact) mass is 351 g/mol. The molecule has 1 atom stereocenters. The molecule has 0 aromatic heterocycles. The van der Waals surface area contributed by atoms with Crippen molar-refractivity contribution < 1.29 is 14.6 Å². The standard InChI is InChI=1S/C22H25NO3/c24-14-16-8-2-1-7-13-23(16)22(25)26-15-21-19-11-5-3-9-17(19)18-10-4-6-12-20(18)21/h3-6,9-12,16,21,24H,1-2,7-8,13-15H2. The summed E-state index contributed by atoms with van der Waals surface area (Å²) < 4.78 is 5.74. The molecule has 0 bridgehead atoms. The van der Waals surface area contributed by atoms with Crippen LogP contribution in [0.3, 0.4) is 0 Å². The zero-order chi connectivity index (χ0) is 17.9. The van der Waals surface area contributed by atoms with Gasteiger partial charge in [-0.2, -0.15) is 0 Å². The number of carbonyl (C=O) groups is 1. The SMILES string of the molecule is O=C(OCC1c2ccccc2-c2ccccc21)N1CCCCCC1CO. The molecule has 2 aromatic carbocycles. The van der Waals surface area contributed by atoms with Crippen molar-refractivity contribution in [3.8, 4) is 11.1 Å². The van der Waals surface area contributed by atoms with E-state index in [4.69, 9.17) is 4.74 Å². The Morgan fingerprint density at radius 3 is 2.31 bits per heavy atom. The molecular formula is C22H25NO3. The molecule has 4 nitrogen and oxygen atoms in total. The van der Waals surface area contributed by atoms with Crippen molar-refractivity contribution in [3.05, 3.63) is 59.7 Å². The molecule has 2 aliphatic rings. The molecule has 4 rings (SSSR count). The quantitative estimate of drug-likeness (QED) is 0.903. The molecule has 1 heterocycles. The van der Waals surface area contributed by atoms with Gasteiger partial charge in [-0.05, 0) is 35.1 Å². The molecule has 4 heteroatoms. The van der Waals surface area contributed by atoms with Crippen LogP contribution in [0.5, 0.6) is 0 Å². The number of hydrogen-bond donors (Lipinski definition) is 1. The van der Waals surface area contributed by atoms with Crippen molar-refractivity contribution in [1.82, 2.24) is 4.90 Å². The minimum absolute atomic E-state index is 0.00416. The van der Waals surface area contributed by atoms with E-state index in [-0.39, 0.29) is 24.7 Å². The van der Waals surface area contributed by atoms with Crippen LogP contribution in [0.2, 0.25) is 0 Å². The number of ether oxygens (including phenoxy) is 1. The van der Waals surface area contributed by atoms with E-state index >= 15 is 0 Å². The van der Waals surface area contributed by atoms with Gasteiger partial charge in [-0.25, -0.2) is 4.79 Å². The van der Waals surface area contributed by atoms with Gasteiger partial charge in [-0.1, -0.05) is 61.4 Å². The largest absolute Gasteiger partial charge is 0.448 e.